The average Bonchev–Trinajstić information content (AvgIpc) is 3.29. The van der Waals surface area contributed by atoms with Crippen molar-refractivity contribution in [3.05, 3.63) is 61.1 Å². The fourth-order valence-electron chi connectivity index (χ4n) is 4.00. The number of aromatic nitrogens is 5. The van der Waals surface area contributed by atoms with Gasteiger partial charge in [-0.05, 0) is 51.6 Å². The summed E-state index contributed by atoms with van der Waals surface area (Å²) in [5.41, 5.74) is 3.79. The van der Waals surface area contributed by atoms with Crippen molar-refractivity contribution in [3.8, 4) is 11.3 Å². The van der Waals surface area contributed by atoms with Crippen molar-refractivity contribution in [3.63, 3.8) is 0 Å². The number of hydrogen-bond acceptors (Lipinski definition) is 7. The molecule has 0 spiro atoms. The first-order valence-electron chi connectivity index (χ1n) is 10.7. The molecule has 4 aromatic rings. The summed E-state index contributed by atoms with van der Waals surface area (Å²) in [6, 6.07) is 7.95. The normalized spacial score (nSPS) is 16.2. The second-order valence-corrected chi connectivity index (χ2v) is 7.83. The molecular formula is C24H27N7O. The maximum absolute atomic E-state index is 8.81. The molecule has 1 atom stereocenters. The van der Waals surface area contributed by atoms with Gasteiger partial charge in [-0.25, -0.2) is 9.97 Å². The summed E-state index contributed by atoms with van der Waals surface area (Å²) in [6.45, 7) is 3.55. The number of rotatable bonds is 4. The summed E-state index contributed by atoms with van der Waals surface area (Å²) in [4.78, 5) is 32.8. The molecule has 0 amide bonds. The molecule has 8 nitrogen and oxygen atoms in total. The molecule has 0 aromatic carbocycles. The van der Waals surface area contributed by atoms with Crippen LogP contribution in [0.3, 0.4) is 0 Å². The number of fused-ring (bicyclic) bond motifs is 1. The smallest absolute Gasteiger partial charge is 0.135 e. The molecule has 5 heterocycles. The molecule has 1 aliphatic heterocycles. The van der Waals surface area contributed by atoms with E-state index in [1.807, 2.05) is 36.8 Å². The first kappa shape index (κ1) is 21.6. The molecule has 2 N–H and O–H groups in total. The van der Waals surface area contributed by atoms with Crippen molar-refractivity contribution in [2.45, 2.75) is 25.7 Å². The van der Waals surface area contributed by atoms with E-state index in [-0.39, 0.29) is 0 Å². The third-order valence-electron chi connectivity index (χ3n) is 5.42. The number of nitrogens with zero attached hydrogens (tertiary/aromatic N) is 5. The molecule has 4 aromatic heterocycles. The minimum atomic E-state index is 0.321. The van der Waals surface area contributed by atoms with Gasteiger partial charge in [-0.2, -0.15) is 0 Å². The molecule has 1 saturated heterocycles. The van der Waals surface area contributed by atoms with E-state index < -0.39 is 0 Å². The SMILES string of the molecule is CC=O.CN1CCCC(c2nc(Nc3cccnc3)cc(-c3cncc4[nH]ccc34)n2)C1. The number of anilines is 2. The highest BCUT2D eigenvalue weighted by molar-refractivity contribution is 5.93. The molecule has 5 rings (SSSR count). The van der Waals surface area contributed by atoms with Gasteiger partial charge in [0, 0.05) is 48.1 Å². The molecule has 0 aliphatic carbocycles. The van der Waals surface area contributed by atoms with E-state index in [0.29, 0.717) is 5.92 Å². The molecule has 32 heavy (non-hydrogen) atoms. The Hall–Kier alpha value is -3.65. The van der Waals surface area contributed by atoms with Crippen molar-refractivity contribution in [1.29, 1.82) is 0 Å². The number of hydrogen-bond donors (Lipinski definition) is 2. The quantitative estimate of drug-likeness (QED) is 0.470. The van der Waals surface area contributed by atoms with Crippen LogP contribution in [0.1, 0.15) is 31.5 Å². The molecule has 0 bridgehead atoms. The van der Waals surface area contributed by atoms with E-state index in [0.717, 1.165) is 71.7 Å². The van der Waals surface area contributed by atoms with Gasteiger partial charge in [-0.15, -0.1) is 0 Å². The Bertz CT molecular complexity index is 1180. The fraction of sp³-hybridized carbons (Fsp3) is 0.292. The molecule has 164 valence electrons. The van der Waals surface area contributed by atoms with Crippen LogP contribution in [0, 0.1) is 0 Å². The van der Waals surface area contributed by atoms with Crippen LogP contribution in [0.15, 0.2) is 55.2 Å². The Morgan fingerprint density at radius 3 is 2.84 bits per heavy atom. The van der Waals surface area contributed by atoms with Crippen LogP contribution in [0.25, 0.3) is 22.2 Å². The standard InChI is InChI=1S/C22H23N7.C2H4O/c1-29-9-3-4-15(14-29)22-27-19(18-12-24-13-20-17(18)6-8-25-20)10-21(28-22)26-16-5-2-7-23-11-16;1-2-3/h2,5-8,10-13,15,25H,3-4,9,14H2,1H3,(H,26,27,28);2H,1H3. The maximum Gasteiger partial charge on any atom is 0.135 e. The topological polar surface area (TPSA) is 99.7 Å². The highest BCUT2D eigenvalue weighted by Crippen LogP contribution is 2.31. The Labute approximate surface area is 187 Å². The molecule has 0 radical (unpaired) electrons. The Morgan fingerprint density at radius 1 is 1.19 bits per heavy atom. The molecule has 1 aliphatic rings. The van der Waals surface area contributed by atoms with Gasteiger partial charge in [0.1, 0.15) is 17.9 Å². The lowest BCUT2D eigenvalue weighted by Gasteiger charge is -2.29. The Kier molecular flexibility index (Phi) is 6.81. The average molecular weight is 430 g/mol. The number of pyridine rings is 2. The predicted molar refractivity (Wildman–Crippen MR) is 126 cm³/mol. The summed E-state index contributed by atoms with van der Waals surface area (Å²) < 4.78 is 0. The molecule has 0 saturated carbocycles. The lowest BCUT2D eigenvalue weighted by Crippen LogP contribution is -2.31. The van der Waals surface area contributed by atoms with Crippen molar-refractivity contribution in [1.82, 2.24) is 29.8 Å². The van der Waals surface area contributed by atoms with Gasteiger partial charge in [-0.1, -0.05) is 0 Å². The largest absolute Gasteiger partial charge is 0.360 e. The van der Waals surface area contributed by atoms with Gasteiger partial charge in [0.25, 0.3) is 0 Å². The summed E-state index contributed by atoms with van der Waals surface area (Å²) in [5, 5.41) is 4.50. The van der Waals surface area contributed by atoms with Gasteiger partial charge in [0.15, 0.2) is 0 Å². The van der Waals surface area contributed by atoms with Gasteiger partial charge < -0.3 is 20.0 Å². The number of carbonyl (C=O) groups is 1. The van der Waals surface area contributed by atoms with Crippen LogP contribution in [0.5, 0.6) is 0 Å². The van der Waals surface area contributed by atoms with E-state index in [9.17, 15) is 0 Å². The Morgan fingerprint density at radius 2 is 2.06 bits per heavy atom. The third kappa shape index (κ3) is 4.97. The van der Waals surface area contributed by atoms with Crippen LogP contribution in [-0.4, -0.2) is 56.2 Å². The lowest BCUT2D eigenvalue weighted by atomic mass is 9.97. The highest BCUT2D eigenvalue weighted by Gasteiger charge is 2.23. The minimum Gasteiger partial charge on any atom is -0.360 e. The fourth-order valence-corrected chi connectivity index (χ4v) is 4.00. The van der Waals surface area contributed by atoms with Gasteiger partial charge >= 0.3 is 0 Å². The predicted octanol–water partition coefficient (Wildman–Crippen LogP) is 4.17. The number of aldehydes is 1. The van der Waals surface area contributed by atoms with E-state index in [4.69, 9.17) is 14.8 Å². The summed E-state index contributed by atoms with van der Waals surface area (Å²) >= 11 is 0. The zero-order valence-corrected chi connectivity index (χ0v) is 18.3. The molecule has 1 unspecified atom stereocenters. The van der Waals surface area contributed by atoms with Crippen molar-refractivity contribution < 1.29 is 4.79 Å². The van der Waals surface area contributed by atoms with E-state index >= 15 is 0 Å². The van der Waals surface area contributed by atoms with Gasteiger partial charge in [-0.3, -0.25) is 9.97 Å². The number of carbonyl (C=O) groups excluding carboxylic acids is 1. The van der Waals surface area contributed by atoms with Gasteiger partial charge in [0.05, 0.1) is 29.3 Å². The second-order valence-electron chi connectivity index (χ2n) is 7.83. The highest BCUT2D eigenvalue weighted by atomic mass is 16.1. The number of likely N-dealkylation sites (N-methyl/N-ethyl adjacent to an activating group) is 1. The van der Waals surface area contributed by atoms with Crippen molar-refractivity contribution in [2.75, 3.05) is 25.5 Å². The van der Waals surface area contributed by atoms with Crippen molar-refractivity contribution in [2.24, 2.45) is 0 Å². The monoisotopic (exact) mass is 429 g/mol. The second kappa shape index (κ2) is 10.1. The maximum atomic E-state index is 8.81. The zero-order valence-electron chi connectivity index (χ0n) is 18.3. The first-order chi connectivity index (χ1) is 15.7. The summed E-state index contributed by atoms with van der Waals surface area (Å²) in [6.07, 6.45) is 12.2. The molecular weight excluding hydrogens is 402 g/mol. The zero-order chi connectivity index (χ0) is 22.3. The summed E-state index contributed by atoms with van der Waals surface area (Å²) in [7, 11) is 2.16. The van der Waals surface area contributed by atoms with E-state index in [1.165, 1.54) is 6.92 Å². The van der Waals surface area contributed by atoms with Crippen molar-refractivity contribution >= 4 is 28.7 Å². The summed E-state index contributed by atoms with van der Waals surface area (Å²) in [5.74, 6) is 1.98. The number of likely N-dealkylation sites (tertiary alicyclic amines) is 1. The molecule has 1 fully saturated rings. The molecule has 8 heteroatoms. The van der Waals surface area contributed by atoms with E-state index in [1.54, 1.807) is 12.4 Å². The van der Waals surface area contributed by atoms with Crippen LogP contribution < -0.4 is 5.32 Å². The first-order valence-corrected chi connectivity index (χ1v) is 10.7. The third-order valence-corrected chi connectivity index (χ3v) is 5.42. The number of aromatic amines is 1. The van der Waals surface area contributed by atoms with Crippen LogP contribution >= 0.6 is 0 Å². The van der Waals surface area contributed by atoms with Gasteiger partial charge in [0.2, 0.25) is 0 Å². The van der Waals surface area contributed by atoms with Crippen LogP contribution in [-0.2, 0) is 4.79 Å². The lowest BCUT2D eigenvalue weighted by molar-refractivity contribution is -0.106. The number of piperidine rings is 1. The number of H-pyrrole nitrogens is 1. The minimum absolute atomic E-state index is 0.321. The van der Waals surface area contributed by atoms with Crippen LogP contribution in [0.4, 0.5) is 11.5 Å². The number of nitrogens with one attached hydrogen (secondary N) is 2. The van der Waals surface area contributed by atoms with E-state index in [2.05, 4.69) is 38.3 Å². The Balaban J connectivity index is 0.000000775. The van der Waals surface area contributed by atoms with Crippen LogP contribution in [0.2, 0.25) is 0 Å².